The Kier molecular flexibility index (Phi) is 13.2. The van der Waals surface area contributed by atoms with Gasteiger partial charge in [0, 0.05) is 38.9 Å². The van der Waals surface area contributed by atoms with Gasteiger partial charge in [-0.3, -0.25) is 4.99 Å². The van der Waals surface area contributed by atoms with Gasteiger partial charge in [-0.2, -0.15) is 0 Å². The molecule has 0 aromatic heterocycles. The fourth-order valence-electron chi connectivity index (χ4n) is 3.21. The molecule has 0 spiro atoms. The molecular weight excluding hydrogens is 523 g/mol. The Bertz CT molecular complexity index is 862. The third kappa shape index (κ3) is 10.9. The van der Waals surface area contributed by atoms with Crippen molar-refractivity contribution in [1.82, 2.24) is 10.6 Å². The molecule has 31 heavy (non-hydrogen) atoms. The zero-order chi connectivity index (χ0) is 21.7. The van der Waals surface area contributed by atoms with Crippen molar-refractivity contribution in [3.8, 4) is 0 Å². The van der Waals surface area contributed by atoms with Gasteiger partial charge in [0.2, 0.25) is 0 Å². The second-order valence-corrected chi connectivity index (χ2v) is 9.31. The minimum absolute atomic E-state index is 0. The number of para-hydroxylation sites is 1. The summed E-state index contributed by atoms with van der Waals surface area (Å²) in [6.45, 7) is 5.46. The molecule has 0 atom stereocenters. The summed E-state index contributed by atoms with van der Waals surface area (Å²) in [6.07, 6.45) is 1.53. The van der Waals surface area contributed by atoms with Crippen LogP contribution in [0.2, 0.25) is 0 Å². The topological polar surface area (TPSA) is 73.8 Å². The highest BCUT2D eigenvalue weighted by Crippen LogP contribution is 2.12. The Hall–Kier alpha value is -1.81. The molecule has 172 valence electrons. The molecular formula is C23H35IN4O2S. The molecule has 0 bridgehead atoms. The molecule has 2 aromatic carbocycles. The maximum atomic E-state index is 12.3. The second-order valence-electron chi connectivity index (χ2n) is 7.13. The number of nitrogens with zero attached hydrogens (tertiary/aromatic N) is 2. The van der Waals surface area contributed by atoms with E-state index in [1.54, 1.807) is 7.05 Å². The Morgan fingerprint density at radius 1 is 0.935 bits per heavy atom. The summed E-state index contributed by atoms with van der Waals surface area (Å²) < 4.78 is 24.5. The minimum atomic E-state index is -3.10. The fraction of sp³-hybridized carbons (Fsp3) is 0.435. The van der Waals surface area contributed by atoms with Crippen molar-refractivity contribution in [3.05, 3.63) is 66.2 Å². The predicted molar refractivity (Wildman–Crippen MR) is 142 cm³/mol. The van der Waals surface area contributed by atoms with Crippen LogP contribution in [0.3, 0.4) is 0 Å². The van der Waals surface area contributed by atoms with Crippen LogP contribution in [0.5, 0.6) is 0 Å². The van der Waals surface area contributed by atoms with Gasteiger partial charge in [-0.05, 0) is 37.5 Å². The van der Waals surface area contributed by atoms with E-state index in [-0.39, 0.29) is 35.5 Å². The monoisotopic (exact) mass is 558 g/mol. The van der Waals surface area contributed by atoms with Crippen molar-refractivity contribution < 1.29 is 8.42 Å². The first kappa shape index (κ1) is 27.2. The molecule has 2 rings (SSSR count). The lowest BCUT2D eigenvalue weighted by Gasteiger charge is -2.23. The van der Waals surface area contributed by atoms with Crippen molar-refractivity contribution in [2.24, 2.45) is 4.99 Å². The predicted octanol–water partition coefficient (Wildman–Crippen LogP) is 3.69. The summed E-state index contributed by atoms with van der Waals surface area (Å²) in [5, 5.41) is 6.50. The Morgan fingerprint density at radius 3 is 2.10 bits per heavy atom. The van der Waals surface area contributed by atoms with Gasteiger partial charge >= 0.3 is 0 Å². The molecule has 0 unspecified atom stereocenters. The van der Waals surface area contributed by atoms with Crippen LogP contribution < -0.4 is 15.5 Å². The van der Waals surface area contributed by atoms with E-state index in [1.165, 1.54) is 5.69 Å². The highest BCUT2D eigenvalue weighted by molar-refractivity contribution is 14.0. The maximum Gasteiger partial charge on any atom is 0.190 e. The zero-order valence-corrected chi connectivity index (χ0v) is 21.6. The summed E-state index contributed by atoms with van der Waals surface area (Å²) in [5.41, 5.74) is 2.07. The van der Waals surface area contributed by atoms with Crippen LogP contribution in [-0.4, -0.2) is 53.4 Å². The third-order valence-corrected chi connectivity index (χ3v) is 6.46. The number of nitrogens with one attached hydrogen (secondary N) is 2. The van der Waals surface area contributed by atoms with Gasteiger partial charge in [-0.15, -0.1) is 24.0 Å². The first-order chi connectivity index (χ1) is 14.5. The number of hydrogen-bond acceptors (Lipinski definition) is 4. The molecule has 0 aliphatic carbocycles. The summed E-state index contributed by atoms with van der Waals surface area (Å²) in [5.74, 6) is 0.961. The van der Waals surface area contributed by atoms with Crippen molar-refractivity contribution in [2.75, 3.05) is 43.9 Å². The lowest BCUT2D eigenvalue weighted by molar-refractivity contribution is 0.591. The molecule has 8 heteroatoms. The van der Waals surface area contributed by atoms with Crippen molar-refractivity contribution >= 4 is 45.5 Å². The van der Waals surface area contributed by atoms with Crippen LogP contribution in [-0.2, 0) is 15.6 Å². The quantitative estimate of drug-likeness (QED) is 0.180. The van der Waals surface area contributed by atoms with Crippen LogP contribution in [0.15, 0.2) is 65.7 Å². The lowest BCUT2D eigenvalue weighted by atomic mass is 10.2. The molecule has 0 fully saturated rings. The number of halogens is 1. The number of sulfone groups is 1. The normalized spacial score (nSPS) is 11.5. The molecule has 0 radical (unpaired) electrons. The Balaban J connectivity index is 0.00000480. The molecule has 0 aliphatic rings. The van der Waals surface area contributed by atoms with Crippen LogP contribution in [0.4, 0.5) is 5.69 Å². The van der Waals surface area contributed by atoms with Gasteiger partial charge in [0.15, 0.2) is 15.8 Å². The summed E-state index contributed by atoms with van der Waals surface area (Å²) >= 11 is 0. The first-order valence-electron chi connectivity index (χ1n) is 10.5. The first-order valence-corrected chi connectivity index (χ1v) is 12.3. The SMILES string of the molecule is CCN(CCCNC(=NC)NCCCS(=O)(=O)Cc1ccccc1)c1ccccc1.I. The van der Waals surface area contributed by atoms with Gasteiger partial charge in [0.25, 0.3) is 0 Å². The van der Waals surface area contributed by atoms with E-state index in [0.717, 1.165) is 31.6 Å². The van der Waals surface area contributed by atoms with Gasteiger partial charge in [0.1, 0.15) is 0 Å². The highest BCUT2D eigenvalue weighted by Gasteiger charge is 2.11. The van der Waals surface area contributed by atoms with E-state index in [0.29, 0.717) is 18.9 Å². The van der Waals surface area contributed by atoms with Crippen LogP contribution in [0.25, 0.3) is 0 Å². The Morgan fingerprint density at radius 2 is 1.52 bits per heavy atom. The van der Waals surface area contributed by atoms with Crippen LogP contribution >= 0.6 is 24.0 Å². The van der Waals surface area contributed by atoms with Crippen LogP contribution in [0.1, 0.15) is 25.3 Å². The molecule has 0 amide bonds. The van der Waals surface area contributed by atoms with E-state index in [9.17, 15) is 8.42 Å². The lowest BCUT2D eigenvalue weighted by Crippen LogP contribution is -2.39. The van der Waals surface area contributed by atoms with E-state index in [2.05, 4.69) is 51.7 Å². The summed E-state index contributed by atoms with van der Waals surface area (Å²) in [6, 6.07) is 19.7. The van der Waals surface area contributed by atoms with Crippen LogP contribution in [0, 0.1) is 0 Å². The van der Waals surface area contributed by atoms with E-state index in [1.807, 2.05) is 36.4 Å². The maximum absolute atomic E-state index is 12.3. The molecule has 6 nitrogen and oxygen atoms in total. The summed E-state index contributed by atoms with van der Waals surface area (Å²) in [4.78, 5) is 6.56. The smallest absolute Gasteiger partial charge is 0.190 e. The van der Waals surface area contributed by atoms with Gasteiger partial charge < -0.3 is 15.5 Å². The van der Waals surface area contributed by atoms with Crippen molar-refractivity contribution in [3.63, 3.8) is 0 Å². The van der Waals surface area contributed by atoms with Crippen molar-refractivity contribution in [1.29, 1.82) is 0 Å². The van der Waals surface area contributed by atoms with E-state index in [4.69, 9.17) is 0 Å². The molecule has 2 aromatic rings. The molecule has 0 heterocycles. The molecule has 2 N–H and O–H groups in total. The van der Waals surface area contributed by atoms with Gasteiger partial charge in [0.05, 0.1) is 11.5 Å². The third-order valence-electron chi connectivity index (χ3n) is 4.78. The largest absolute Gasteiger partial charge is 0.372 e. The fourth-order valence-corrected chi connectivity index (χ4v) is 4.63. The van der Waals surface area contributed by atoms with E-state index < -0.39 is 9.84 Å². The number of anilines is 1. The number of aliphatic imine (C=N–C) groups is 1. The standard InChI is InChI=1S/C23H34N4O2S.HI/c1-3-27(22-14-8-5-9-15-22)18-10-16-25-23(24-2)26-17-11-19-30(28,29)20-21-12-6-4-7-13-21;/h4-9,12-15H,3,10-11,16-20H2,1-2H3,(H2,24,25,26);1H. The van der Waals surface area contributed by atoms with E-state index >= 15 is 0 Å². The second kappa shape index (κ2) is 15.1. The Labute approximate surface area is 204 Å². The van der Waals surface area contributed by atoms with Gasteiger partial charge in [-0.25, -0.2) is 8.42 Å². The average Bonchev–Trinajstić information content (AvgIpc) is 2.76. The average molecular weight is 559 g/mol. The molecule has 0 saturated carbocycles. The number of rotatable bonds is 12. The summed E-state index contributed by atoms with van der Waals surface area (Å²) in [7, 11) is -1.38. The van der Waals surface area contributed by atoms with Gasteiger partial charge in [-0.1, -0.05) is 48.5 Å². The molecule has 0 aliphatic heterocycles. The number of guanidine groups is 1. The number of benzene rings is 2. The van der Waals surface area contributed by atoms with Crippen molar-refractivity contribution in [2.45, 2.75) is 25.5 Å². The molecule has 0 saturated heterocycles. The zero-order valence-electron chi connectivity index (χ0n) is 18.5. The minimum Gasteiger partial charge on any atom is -0.372 e. The highest BCUT2D eigenvalue weighted by atomic mass is 127. The number of hydrogen-bond donors (Lipinski definition) is 2.